The third kappa shape index (κ3) is 3.12. The molecule has 2 aromatic carbocycles. The Morgan fingerprint density at radius 3 is 2.58 bits per heavy atom. The molecule has 0 radical (unpaired) electrons. The van der Waals surface area contributed by atoms with Gasteiger partial charge in [0, 0.05) is 19.6 Å². The van der Waals surface area contributed by atoms with E-state index in [-0.39, 0.29) is 6.04 Å². The van der Waals surface area contributed by atoms with Crippen molar-refractivity contribution in [3.8, 4) is 11.5 Å². The van der Waals surface area contributed by atoms with Gasteiger partial charge in [0.05, 0.1) is 6.04 Å². The predicted molar refractivity (Wildman–Crippen MR) is 94.6 cm³/mol. The first kappa shape index (κ1) is 15.5. The van der Waals surface area contributed by atoms with Crippen LogP contribution in [0.5, 0.6) is 11.5 Å². The second-order valence-electron chi connectivity index (χ2n) is 6.57. The summed E-state index contributed by atoms with van der Waals surface area (Å²) in [6, 6.07) is 15.5. The smallest absolute Gasteiger partial charge is 0.231 e. The van der Waals surface area contributed by atoms with Gasteiger partial charge in [-0.2, -0.15) is 0 Å². The van der Waals surface area contributed by atoms with Crippen molar-refractivity contribution in [2.75, 3.05) is 33.0 Å². The average molecular weight is 324 g/mol. The van der Waals surface area contributed by atoms with E-state index in [1.807, 2.05) is 6.07 Å². The zero-order chi connectivity index (χ0) is 16.4. The average Bonchev–Trinajstić information content (AvgIpc) is 2.91. The van der Waals surface area contributed by atoms with Crippen molar-refractivity contribution in [3.63, 3.8) is 0 Å². The monoisotopic (exact) mass is 324 g/mol. The molecular weight excluding hydrogens is 300 g/mol. The van der Waals surface area contributed by atoms with Crippen LogP contribution in [0.3, 0.4) is 0 Å². The van der Waals surface area contributed by atoms with E-state index in [4.69, 9.17) is 9.47 Å². The molecule has 126 valence electrons. The molecule has 0 bridgehead atoms. The number of rotatable bonds is 3. The van der Waals surface area contributed by atoms with Crippen LogP contribution in [-0.4, -0.2) is 37.9 Å². The van der Waals surface area contributed by atoms with Crippen molar-refractivity contribution < 1.29 is 9.47 Å². The fraction of sp³-hybridized carbons (Fsp3) is 0.400. The topological polar surface area (TPSA) is 33.7 Å². The molecule has 1 atom stereocenters. The maximum Gasteiger partial charge on any atom is 0.231 e. The van der Waals surface area contributed by atoms with Crippen LogP contribution in [0.25, 0.3) is 0 Å². The molecule has 2 heterocycles. The molecule has 1 unspecified atom stereocenters. The Bertz CT molecular complexity index is 691. The van der Waals surface area contributed by atoms with E-state index in [1.54, 1.807) is 0 Å². The third-order valence-electron chi connectivity index (χ3n) is 4.85. The molecule has 24 heavy (non-hydrogen) atoms. The van der Waals surface area contributed by atoms with Crippen molar-refractivity contribution in [2.45, 2.75) is 19.4 Å². The lowest BCUT2D eigenvalue weighted by atomic mass is 9.95. The SMILES string of the molecule is Cc1ccc(C(c2ccc3c(c2)OCO3)N2CCCNCC2)cc1. The minimum atomic E-state index is 0.250. The summed E-state index contributed by atoms with van der Waals surface area (Å²) in [4.78, 5) is 2.57. The molecule has 0 aromatic heterocycles. The Morgan fingerprint density at radius 1 is 0.917 bits per heavy atom. The largest absolute Gasteiger partial charge is 0.454 e. The van der Waals surface area contributed by atoms with E-state index in [1.165, 1.54) is 23.1 Å². The standard InChI is InChI=1S/C20H24N2O2/c1-15-3-5-16(6-4-15)20(22-11-2-9-21-10-12-22)17-7-8-18-19(13-17)24-14-23-18/h3-8,13,20-21H,2,9-12,14H2,1H3. The van der Waals surface area contributed by atoms with Crippen LogP contribution in [-0.2, 0) is 0 Å². The first-order valence-corrected chi connectivity index (χ1v) is 8.72. The van der Waals surface area contributed by atoms with Crippen LogP contribution in [0.2, 0.25) is 0 Å². The Labute approximate surface area is 143 Å². The molecule has 1 fully saturated rings. The van der Waals surface area contributed by atoms with Gasteiger partial charge in [0.1, 0.15) is 0 Å². The van der Waals surface area contributed by atoms with Gasteiger partial charge in [-0.05, 0) is 43.1 Å². The van der Waals surface area contributed by atoms with Gasteiger partial charge in [-0.25, -0.2) is 0 Å². The number of hydrogen-bond acceptors (Lipinski definition) is 4. The van der Waals surface area contributed by atoms with E-state index in [0.29, 0.717) is 6.79 Å². The van der Waals surface area contributed by atoms with Crippen LogP contribution < -0.4 is 14.8 Å². The lowest BCUT2D eigenvalue weighted by Crippen LogP contribution is -2.33. The van der Waals surface area contributed by atoms with Gasteiger partial charge in [0.25, 0.3) is 0 Å². The highest BCUT2D eigenvalue weighted by Crippen LogP contribution is 2.37. The van der Waals surface area contributed by atoms with E-state index in [2.05, 4.69) is 53.5 Å². The van der Waals surface area contributed by atoms with Crippen LogP contribution >= 0.6 is 0 Å². The van der Waals surface area contributed by atoms with Gasteiger partial charge in [-0.1, -0.05) is 35.9 Å². The van der Waals surface area contributed by atoms with Gasteiger partial charge in [0.2, 0.25) is 6.79 Å². The number of nitrogens with zero attached hydrogens (tertiary/aromatic N) is 1. The highest BCUT2D eigenvalue weighted by molar-refractivity contribution is 5.47. The number of hydrogen-bond donors (Lipinski definition) is 1. The first-order valence-electron chi connectivity index (χ1n) is 8.72. The minimum Gasteiger partial charge on any atom is -0.454 e. The summed E-state index contributed by atoms with van der Waals surface area (Å²) in [7, 11) is 0. The number of benzene rings is 2. The van der Waals surface area contributed by atoms with Crippen molar-refractivity contribution in [3.05, 3.63) is 59.2 Å². The highest BCUT2D eigenvalue weighted by atomic mass is 16.7. The summed E-state index contributed by atoms with van der Waals surface area (Å²) < 4.78 is 11.1. The van der Waals surface area contributed by atoms with Gasteiger partial charge < -0.3 is 14.8 Å². The van der Waals surface area contributed by atoms with Gasteiger partial charge in [0.15, 0.2) is 11.5 Å². The van der Waals surface area contributed by atoms with Crippen molar-refractivity contribution in [1.29, 1.82) is 0 Å². The first-order chi connectivity index (χ1) is 11.8. The van der Waals surface area contributed by atoms with Crippen LogP contribution in [0.4, 0.5) is 0 Å². The normalized spacial score (nSPS) is 19.0. The lowest BCUT2D eigenvalue weighted by Gasteiger charge is -2.31. The molecular formula is C20H24N2O2. The number of fused-ring (bicyclic) bond motifs is 1. The van der Waals surface area contributed by atoms with Crippen LogP contribution in [0.1, 0.15) is 29.2 Å². The zero-order valence-corrected chi connectivity index (χ0v) is 14.1. The van der Waals surface area contributed by atoms with Crippen molar-refractivity contribution in [1.82, 2.24) is 10.2 Å². The summed E-state index contributed by atoms with van der Waals surface area (Å²) in [5.74, 6) is 1.71. The van der Waals surface area contributed by atoms with Gasteiger partial charge in [-0.3, -0.25) is 4.90 Å². The molecule has 0 saturated carbocycles. The molecule has 4 nitrogen and oxygen atoms in total. The third-order valence-corrected chi connectivity index (χ3v) is 4.85. The van der Waals surface area contributed by atoms with Crippen molar-refractivity contribution >= 4 is 0 Å². The fourth-order valence-corrected chi connectivity index (χ4v) is 3.57. The summed E-state index contributed by atoms with van der Waals surface area (Å²) in [5.41, 5.74) is 3.90. The second kappa shape index (κ2) is 6.83. The quantitative estimate of drug-likeness (QED) is 0.941. The minimum absolute atomic E-state index is 0.250. The Hall–Kier alpha value is -2.04. The molecule has 1 saturated heterocycles. The highest BCUT2D eigenvalue weighted by Gasteiger charge is 2.25. The van der Waals surface area contributed by atoms with E-state index in [9.17, 15) is 0 Å². The molecule has 2 aliphatic rings. The molecule has 2 aliphatic heterocycles. The number of ether oxygens (including phenoxy) is 2. The second-order valence-corrected chi connectivity index (χ2v) is 6.57. The maximum absolute atomic E-state index is 5.60. The summed E-state index contributed by atoms with van der Waals surface area (Å²) in [6.07, 6.45) is 1.17. The summed E-state index contributed by atoms with van der Waals surface area (Å²) >= 11 is 0. The van der Waals surface area contributed by atoms with Crippen LogP contribution in [0.15, 0.2) is 42.5 Å². The Morgan fingerprint density at radius 2 is 1.71 bits per heavy atom. The Kier molecular flexibility index (Phi) is 4.41. The van der Waals surface area contributed by atoms with Gasteiger partial charge >= 0.3 is 0 Å². The predicted octanol–water partition coefficient (Wildman–Crippen LogP) is 3.11. The maximum atomic E-state index is 5.60. The molecule has 0 aliphatic carbocycles. The zero-order valence-electron chi connectivity index (χ0n) is 14.1. The molecule has 0 amide bonds. The van der Waals surface area contributed by atoms with Gasteiger partial charge in [-0.15, -0.1) is 0 Å². The number of nitrogens with one attached hydrogen (secondary N) is 1. The summed E-state index contributed by atoms with van der Waals surface area (Å²) in [6.45, 7) is 6.73. The molecule has 1 N–H and O–H groups in total. The molecule has 4 heteroatoms. The fourth-order valence-electron chi connectivity index (χ4n) is 3.57. The molecule has 4 rings (SSSR count). The van der Waals surface area contributed by atoms with Crippen molar-refractivity contribution in [2.24, 2.45) is 0 Å². The Balaban J connectivity index is 1.73. The van der Waals surface area contributed by atoms with E-state index < -0.39 is 0 Å². The molecule has 0 spiro atoms. The lowest BCUT2D eigenvalue weighted by molar-refractivity contribution is 0.173. The molecule has 2 aromatic rings. The van der Waals surface area contributed by atoms with E-state index in [0.717, 1.165) is 37.7 Å². The number of aryl methyl sites for hydroxylation is 1. The summed E-state index contributed by atoms with van der Waals surface area (Å²) in [5, 5.41) is 3.50. The van der Waals surface area contributed by atoms with Crippen LogP contribution in [0, 0.1) is 6.92 Å². The van der Waals surface area contributed by atoms with E-state index >= 15 is 0 Å².